The van der Waals surface area contributed by atoms with Gasteiger partial charge in [0.2, 0.25) is 0 Å². The lowest BCUT2D eigenvalue weighted by Gasteiger charge is -2.10. The number of likely N-dealkylation sites (N-methyl/N-ethyl adjacent to an activating group) is 1. The Labute approximate surface area is 103 Å². The summed E-state index contributed by atoms with van der Waals surface area (Å²) >= 11 is 0. The number of fused-ring (bicyclic) bond motifs is 1. The van der Waals surface area contributed by atoms with Crippen LogP contribution in [-0.2, 0) is 6.42 Å². The van der Waals surface area contributed by atoms with Gasteiger partial charge in [0.1, 0.15) is 0 Å². The van der Waals surface area contributed by atoms with Crippen LogP contribution in [0.4, 0.5) is 0 Å². The van der Waals surface area contributed by atoms with Crippen LogP contribution in [-0.4, -0.2) is 13.1 Å². The summed E-state index contributed by atoms with van der Waals surface area (Å²) in [4.78, 5) is 0. The minimum Gasteiger partial charge on any atom is -0.317 e. The van der Waals surface area contributed by atoms with Gasteiger partial charge in [-0.25, -0.2) is 0 Å². The van der Waals surface area contributed by atoms with Gasteiger partial charge in [-0.15, -0.1) is 0 Å². The Balaban J connectivity index is 0.000000148. The molecule has 0 bridgehead atoms. The maximum Gasteiger partial charge on any atom is -0.000847 e. The summed E-state index contributed by atoms with van der Waals surface area (Å²) in [5.41, 5.74) is 4.26. The lowest BCUT2D eigenvalue weighted by Crippen LogP contribution is -2.15. The molecule has 0 radical (unpaired) electrons. The van der Waals surface area contributed by atoms with Gasteiger partial charge in [-0.3, -0.25) is 0 Å². The van der Waals surface area contributed by atoms with Crippen LogP contribution in [0, 0.1) is 0 Å². The molecule has 1 heteroatoms. The van der Waals surface area contributed by atoms with Crippen LogP contribution < -0.4 is 5.32 Å². The number of hydrogen-bond donors (Lipinski definition) is 1. The van der Waals surface area contributed by atoms with Crippen LogP contribution in [0.3, 0.4) is 0 Å². The molecule has 88 valence electrons. The molecule has 0 saturated carbocycles. The van der Waals surface area contributed by atoms with E-state index in [0.717, 1.165) is 19.5 Å². The van der Waals surface area contributed by atoms with Gasteiger partial charge in [-0.1, -0.05) is 61.5 Å². The molecule has 1 nitrogen and oxygen atoms in total. The average Bonchev–Trinajstić information content (AvgIpc) is 2.36. The zero-order chi connectivity index (χ0) is 11.9. The monoisotopic (exact) mass is 225 g/mol. The largest absolute Gasteiger partial charge is 0.317 e. The van der Waals surface area contributed by atoms with Gasteiger partial charge in [0.15, 0.2) is 0 Å². The van der Waals surface area contributed by atoms with Crippen molar-refractivity contribution in [2.24, 2.45) is 0 Å². The second-order valence-corrected chi connectivity index (χ2v) is 4.17. The summed E-state index contributed by atoms with van der Waals surface area (Å²) in [6, 6.07) is 19.0. The maximum absolute atomic E-state index is 3.30. The predicted octanol–water partition coefficient (Wildman–Crippen LogP) is 3.51. The Bertz CT molecular complexity index is 410. The molecule has 0 spiro atoms. The molecule has 0 atom stereocenters. The maximum atomic E-state index is 3.30. The van der Waals surface area contributed by atoms with E-state index in [1.54, 1.807) is 0 Å². The van der Waals surface area contributed by atoms with E-state index < -0.39 is 0 Å². The lowest BCUT2D eigenvalue weighted by molar-refractivity contribution is 0.716. The minimum atomic E-state index is 1.06. The lowest BCUT2D eigenvalue weighted by atomic mass is 9.95. The number of hydrogen-bond acceptors (Lipinski definition) is 1. The van der Waals surface area contributed by atoms with Crippen LogP contribution in [0.15, 0.2) is 54.6 Å². The fourth-order valence-electron chi connectivity index (χ4n) is 1.72. The first-order valence-corrected chi connectivity index (χ1v) is 6.25. The first-order valence-electron chi connectivity index (χ1n) is 6.25. The summed E-state index contributed by atoms with van der Waals surface area (Å²) in [7, 11) is 0. The fraction of sp³-hybridized carbons (Fsp3) is 0.250. The number of rotatable bonds is 4. The van der Waals surface area contributed by atoms with Crippen molar-refractivity contribution in [2.75, 3.05) is 13.1 Å². The second-order valence-electron chi connectivity index (χ2n) is 4.17. The molecule has 0 fully saturated rings. The second kappa shape index (κ2) is 6.21. The van der Waals surface area contributed by atoms with Crippen molar-refractivity contribution in [1.82, 2.24) is 5.32 Å². The van der Waals surface area contributed by atoms with Gasteiger partial charge in [0, 0.05) is 0 Å². The van der Waals surface area contributed by atoms with E-state index in [1.165, 1.54) is 16.7 Å². The Morgan fingerprint density at radius 2 is 1.41 bits per heavy atom. The quantitative estimate of drug-likeness (QED) is 0.670. The van der Waals surface area contributed by atoms with Crippen LogP contribution in [0.2, 0.25) is 0 Å². The Morgan fingerprint density at radius 3 is 1.82 bits per heavy atom. The fourth-order valence-corrected chi connectivity index (χ4v) is 1.72. The summed E-state index contributed by atoms with van der Waals surface area (Å²) in [5.74, 6) is 0. The van der Waals surface area contributed by atoms with Gasteiger partial charge in [0.05, 0.1) is 0 Å². The molecule has 2 aliphatic carbocycles. The zero-order valence-corrected chi connectivity index (χ0v) is 10.3. The molecule has 0 aliphatic heterocycles. The summed E-state index contributed by atoms with van der Waals surface area (Å²) in [6.07, 6.45) is 1.13. The van der Waals surface area contributed by atoms with Crippen LogP contribution in [0.25, 0.3) is 11.1 Å². The van der Waals surface area contributed by atoms with Crippen LogP contribution in [0.1, 0.15) is 12.5 Å². The molecule has 2 aliphatic rings. The molecular formula is C16H19N. The average molecular weight is 225 g/mol. The van der Waals surface area contributed by atoms with E-state index in [4.69, 9.17) is 0 Å². The van der Waals surface area contributed by atoms with Gasteiger partial charge in [-0.05, 0) is 36.2 Å². The van der Waals surface area contributed by atoms with Gasteiger partial charge >= 0.3 is 0 Å². The third-order valence-electron chi connectivity index (χ3n) is 2.90. The highest BCUT2D eigenvalue weighted by atomic mass is 14.8. The first-order chi connectivity index (χ1) is 8.40. The van der Waals surface area contributed by atoms with Gasteiger partial charge in [0.25, 0.3) is 0 Å². The van der Waals surface area contributed by atoms with Gasteiger partial charge < -0.3 is 5.32 Å². The van der Waals surface area contributed by atoms with Crippen molar-refractivity contribution in [3.05, 3.63) is 60.2 Å². The normalized spacial score (nSPS) is 10.4. The van der Waals surface area contributed by atoms with Crippen molar-refractivity contribution in [3.8, 4) is 11.1 Å². The van der Waals surface area contributed by atoms with E-state index in [-0.39, 0.29) is 0 Å². The third-order valence-corrected chi connectivity index (χ3v) is 2.90. The van der Waals surface area contributed by atoms with E-state index in [1.807, 2.05) is 0 Å². The third kappa shape index (κ3) is 3.43. The molecule has 1 aromatic rings. The minimum absolute atomic E-state index is 1.06. The molecule has 0 unspecified atom stereocenters. The summed E-state index contributed by atoms with van der Waals surface area (Å²) in [5, 5.41) is 3.30. The molecule has 0 saturated heterocycles. The van der Waals surface area contributed by atoms with E-state index in [2.05, 4.69) is 66.8 Å². The highest BCUT2D eigenvalue weighted by Gasteiger charge is 2.03. The number of benzene rings is 2. The van der Waals surface area contributed by atoms with Crippen molar-refractivity contribution in [1.29, 1.82) is 0 Å². The van der Waals surface area contributed by atoms with Crippen molar-refractivity contribution < 1.29 is 0 Å². The standard InChI is InChI=1S/C10H15N.C6H4/c1-2-11-9-8-10-6-4-3-5-7-10;1-2-6-4-3-5(1)6/h3-7,11H,2,8-9H2,1H3;1-4H. The topological polar surface area (TPSA) is 12.0 Å². The molecule has 1 N–H and O–H groups in total. The Hall–Kier alpha value is -1.60. The smallest absolute Gasteiger partial charge is 0.000847 e. The van der Waals surface area contributed by atoms with Crippen molar-refractivity contribution >= 4 is 0 Å². The molecular weight excluding hydrogens is 206 g/mol. The SMILES string of the molecule is CCNCCc1ccccc1.c1cc2ccc1-2. The predicted molar refractivity (Wildman–Crippen MR) is 74.1 cm³/mol. The molecule has 17 heavy (non-hydrogen) atoms. The zero-order valence-electron chi connectivity index (χ0n) is 10.3. The molecule has 3 rings (SSSR count). The number of nitrogens with one attached hydrogen (secondary N) is 1. The molecule has 0 aromatic heterocycles. The summed E-state index contributed by atoms with van der Waals surface area (Å²) < 4.78 is 0. The van der Waals surface area contributed by atoms with E-state index in [0.29, 0.717) is 0 Å². The first kappa shape index (κ1) is 11.9. The van der Waals surface area contributed by atoms with Gasteiger partial charge in [-0.2, -0.15) is 0 Å². The van der Waals surface area contributed by atoms with Crippen molar-refractivity contribution in [3.63, 3.8) is 0 Å². The Kier molecular flexibility index (Phi) is 4.34. The van der Waals surface area contributed by atoms with E-state index in [9.17, 15) is 0 Å². The van der Waals surface area contributed by atoms with E-state index >= 15 is 0 Å². The molecule has 0 heterocycles. The highest BCUT2D eigenvalue weighted by Crippen LogP contribution is 2.29. The summed E-state index contributed by atoms with van der Waals surface area (Å²) in [6.45, 7) is 4.28. The molecule has 1 aromatic carbocycles. The van der Waals surface area contributed by atoms with Crippen LogP contribution >= 0.6 is 0 Å². The molecule has 0 amide bonds. The van der Waals surface area contributed by atoms with Crippen LogP contribution in [0.5, 0.6) is 0 Å². The Morgan fingerprint density at radius 1 is 0.824 bits per heavy atom. The van der Waals surface area contributed by atoms with Crippen molar-refractivity contribution in [2.45, 2.75) is 13.3 Å². The highest BCUT2D eigenvalue weighted by molar-refractivity contribution is 5.75.